The highest BCUT2D eigenvalue weighted by Gasteiger charge is 2.21. The third-order valence-corrected chi connectivity index (χ3v) is 4.41. The topological polar surface area (TPSA) is 103 Å². The van der Waals surface area contributed by atoms with Crippen molar-refractivity contribution in [1.82, 2.24) is 4.72 Å². The van der Waals surface area contributed by atoms with Gasteiger partial charge in [0.1, 0.15) is 17.9 Å². The minimum atomic E-state index is -3.94. The van der Waals surface area contributed by atoms with Gasteiger partial charge in [-0.25, -0.2) is 13.1 Å². The van der Waals surface area contributed by atoms with E-state index in [-0.39, 0.29) is 27.8 Å². The van der Waals surface area contributed by atoms with Gasteiger partial charge >= 0.3 is 0 Å². The zero-order chi connectivity index (χ0) is 15.5. The highest BCUT2D eigenvalue weighted by molar-refractivity contribution is 7.89. The first-order valence-corrected chi connectivity index (χ1v) is 7.71. The number of aliphatic hydroxyl groups is 1. The number of nitrogens with one attached hydrogen (secondary N) is 1. The fraction of sp³-hybridized carbons (Fsp3) is 0.154. The molecule has 0 saturated heterocycles. The van der Waals surface area contributed by atoms with E-state index >= 15 is 0 Å². The molecule has 0 aliphatic rings. The van der Waals surface area contributed by atoms with Gasteiger partial charge in [0.05, 0.1) is 16.7 Å². The normalized spacial score (nSPS) is 12.8. The van der Waals surface area contributed by atoms with Crippen LogP contribution >= 0.6 is 11.6 Å². The van der Waals surface area contributed by atoms with Gasteiger partial charge in [0.25, 0.3) is 0 Å². The number of hydrogen-bond acceptors (Lipinski definition) is 5. The van der Waals surface area contributed by atoms with Crippen LogP contribution < -0.4 is 4.72 Å². The number of nitriles is 1. The Hall–Kier alpha value is -1.85. The monoisotopic (exact) mass is 326 g/mol. The van der Waals surface area contributed by atoms with E-state index in [1.165, 1.54) is 30.5 Å². The first-order valence-electron chi connectivity index (χ1n) is 5.85. The molecule has 1 aromatic heterocycles. The molecule has 110 valence electrons. The van der Waals surface area contributed by atoms with E-state index in [9.17, 15) is 13.5 Å². The molecular weight excluding hydrogens is 316 g/mol. The van der Waals surface area contributed by atoms with Crippen molar-refractivity contribution in [2.24, 2.45) is 0 Å². The average molecular weight is 327 g/mol. The van der Waals surface area contributed by atoms with Crippen molar-refractivity contribution >= 4 is 21.6 Å². The fourth-order valence-corrected chi connectivity index (χ4v) is 3.02. The summed E-state index contributed by atoms with van der Waals surface area (Å²) in [6.07, 6.45) is 0.257. The number of halogens is 1. The standard InChI is InChI=1S/C13H11ClN2O4S/c14-10-3-4-13(9(6-10)7-15)21(18,19)16-8-11(17)12-2-1-5-20-12/h1-6,11,16-17H,8H2. The van der Waals surface area contributed by atoms with E-state index in [1.54, 1.807) is 12.1 Å². The van der Waals surface area contributed by atoms with Gasteiger partial charge < -0.3 is 9.52 Å². The number of rotatable bonds is 5. The van der Waals surface area contributed by atoms with E-state index in [0.29, 0.717) is 0 Å². The van der Waals surface area contributed by atoms with Crippen LogP contribution in [0.4, 0.5) is 0 Å². The molecule has 0 aliphatic carbocycles. The first kappa shape index (κ1) is 15.5. The second kappa shape index (κ2) is 6.28. The van der Waals surface area contributed by atoms with Crippen LogP contribution in [0.25, 0.3) is 0 Å². The Morgan fingerprint density at radius 1 is 1.43 bits per heavy atom. The smallest absolute Gasteiger partial charge is 0.241 e. The number of furan rings is 1. The van der Waals surface area contributed by atoms with Crippen LogP contribution in [0.1, 0.15) is 17.4 Å². The van der Waals surface area contributed by atoms with Crippen LogP contribution in [0.15, 0.2) is 45.9 Å². The van der Waals surface area contributed by atoms with Crippen LogP contribution in [0, 0.1) is 11.3 Å². The number of sulfonamides is 1. The summed E-state index contributed by atoms with van der Waals surface area (Å²) in [4.78, 5) is -0.193. The third kappa shape index (κ3) is 3.62. The van der Waals surface area contributed by atoms with Crippen molar-refractivity contribution in [3.8, 4) is 6.07 Å². The van der Waals surface area contributed by atoms with Crippen LogP contribution in [0.5, 0.6) is 0 Å². The Bertz CT molecular complexity index is 766. The minimum absolute atomic E-state index is 0.0671. The molecule has 8 heteroatoms. The van der Waals surface area contributed by atoms with Crippen molar-refractivity contribution < 1.29 is 17.9 Å². The van der Waals surface area contributed by atoms with Crippen LogP contribution in [-0.2, 0) is 10.0 Å². The maximum Gasteiger partial charge on any atom is 0.241 e. The van der Waals surface area contributed by atoms with Gasteiger partial charge in [0, 0.05) is 11.6 Å². The van der Waals surface area contributed by atoms with Crippen molar-refractivity contribution in [3.63, 3.8) is 0 Å². The molecule has 0 radical (unpaired) electrons. The molecule has 0 aliphatic heterocycles. The molecule has 0 spiro atoms. The minimum Gasteiger partial charge on any atom is -0.467 e. The Balaban J connectivity index is 2.18. The molecule has 2 aromatic rings. The van der Waals surface area contributed by atoms with Gasteiger partial charge in [-0.2, -0.15) is 5.26 Å². The molecule has 0 amide bonds. The molecule has 1 aromatic carbocycles. The zero-order valence-corrected chi connectivity index (χ0v) is 12.2. The summed E-state index contributed by atoms with van der Waals surface area (Å²) in [6, 6.07) is 8.76. The van der Waals surface area contributed by atoms with Gasteiger partial charge in [-0.05, 0) is 30.3 Å². The zero-order valence-electron chi connectivity index (χ0n) is 10.7. The maximum atomic E-state index is 12.2. The Labute approximate surface area is 126 Å². The lowest BCUT2D eigenvalue weighted by Crippen LogP contribution is -2.29. The molecule has 0 bridgehead atoms. The molecule has 21 heavy (non-hydrogen) atoms. The molecule has 0 saturated carbocycles. The van der Waals surface area contributed by atoms with E-state index in [4.69, 9.17) is 21.3 Å². The quantitative estimate of drug-likeness (QED) is 0.872. The lowest BCUT2D eigenvalue weighted by molar-refractivity contribution is 0.154. The maximum absolute atomic E-state index is 12.2. The molecule has 0 fully saturated rings. The highest BCUT2D eigenvalue weighted by Crippen LogP contribution is 2.20. The molecule has 2 rings (SSSR count). The summed E-state index contributed by atoms with van der Waals surface area (Å²) >= 11 is 5.72. The van der Waals surface area contributed by atoms with Crippen LogP contribution in [0.3, 0.4) is 0 Å². The molecule has 1 atom stereocenters. The van der Waals surface area contributed by atoms with Gasteiger partial charge in [0.15, 0.2) is 0 Å². The van der Waals surface area contributed by atoms with Crippen molar-refractivity contribution in [2.45, 2.75) is 11.0 Å². The number of hydrogen-bond donors (Lipinski definition) is 2. The third-order valence-electron chi connectivity index (χ3n) is 2.69. The predicted octanol–water partition coefficient (Wildman–Crippen LogP) is 1.82. The average Bonchev–Trinajstić information content (AvgIpc) is 2.98. The molecule has 1 unspecified atom stereocenters. The van der Waals surface area contributed by atoms with E-state index in [2.05, 4.69) is 4.72 Å². The van der Waals surface area contributed by atoms with Gasteiger partial charge in [-0.3, -0.25) is 0 Å². The van der Waals surface area contributed by atoms with Crippen LogP contribution in [-0.4, -0.2) is 20.1 Å². The predicted molar refractivity (Wildman–Crippen MR) is 75.0 cm³/mol. The number of aliphatic hydroxyl groups excluding tert-OH is 1. The summed E-state index contributed by atoms with van der Waals surface area (Å²) < 4.78 is 31.5. The molecule has 2 N–H and O–H groups in total. The Kier molecular flexibility index (Phi) is 4.65. The van der Waals surface area contributed by atoms with Crippen molar-refractivity contribution in [3.05, 3.63) is 52.9 Å². The second-order valence-electron chi connectivity index (χ2n) is 4.14. The van der Waals surface area contributed by atoms with Crippen molar-refractivity contribution in [1.29, 1.82) is 5.26 Å². The lowest BCUT2D eigenvalue weighted by atomic mass is 10.2. The summed E-state index contributed by atoms with van der Waals surface area (Å²) in [7, 11) is -3.94. The van der Waals surface area contributed by atoms with Gasteiger partial charge in [0.2, 0.25) is 10.0 Å². The van der Waals surface area contributed by atoms with Gasteiger partial charge in [-0.15, -0.1) is 0 Å². The number of nitrogens with zero attached hydrogens (tertiary/aromatic N) is 1. The van der Waals surface area contributed by atoms with E-state index in [0.717, 1.165) is 0 Å². The summed E-state index contributed by atoms with van der Waals surface area (Å²) in [5.74, 6) is 0.245. The molecule has 1 heterocycles. The fourth-order valence-electron chi connectivity index (χ4n) is 1.67. The number of benzene rings is 1. The van der Waals surface area contributed by atoms with Gasteiger partial charge in [-0.1, -0.05) is 11.6 Å². The van der Waals surface area contributed by atoms with E-state index < -0.39 is 16.1 Å². The largest absolute Gasteiger partial charge is 0.467 e. The SMILES string of the molecule is N#Cc1cc(Cl)ccc1S(=O)(=O)NCC(O)c1ccco1. The molecule has 6 nitrogen and oxygen atoms in total. The van der Waals surface area contributed by atoms with E-state index in [1.807, 2.05) is 0 Å². The Morgan fingerprint density at radius 2 is 2.19 bits per heavy atom. The van der Waals surface area contributed by atoms with Crippen LogP contribution in [0.2, 0.25) is 5.02 Å². The summed E-state index contributed by atoms with van der Waals surface area (Å²) in [5, 5.41) is 19.0. The highest BCUT2D eigenvalue weighted by atomic mass is 35.5. The second-order valence-corrected chi connectivity index (χ2v) is 6.31. The molecular formula is C13H11ClN2O4S. The van der Waals surface area contributed by atoms with Crippen molar-refractivity contribution in [2.75, 3.05) is 6.54 Å². The summed E-state index contributed by atoms with van der Waals surface area (Å²) in [6.45, 7) is -0.274. The first-order chi connectivity index (χ1) is 9.94. The lowest BCUT2D eigenvalue weighted by Gasteiger charge is -2.11. The summed E-state index contributed by atoms with van der Waals surface area (Å²) in [5.41, 5.74) is -0.0671. The Morgan fingerprint density at radius 3 is 2.81 bits per heavy atom.